The normalized spacial score (nSPS) is 18.8. The zero-order chi connectivity index (χ0) is 19.1. The van der Waals surface area contributed by atoms with E-state index >= 15 is 0 Å². The third kappa shape index (κ3) is 2.99. The second-order valence-electron chi connectivity index (χ2n) is 7.31. The van der Waals surface area contributed by atoms with Gasteiger partial charge >= 0.3 is 0 Å². The molecule has 0 spiro atoms. The molecule has 28 heavy (non-hydrogen) atoms. The number of rotatable bonds is 3. The minimum absolute atomic E-state index is 0.0739. The molecule has 0 bridgehead atoms. The van der Waals surface area contributed by atoms with E-state index in [1.54, 1.807) is 6.20 Å². The van der Waals surface area contributed by atoms with Crippen molar-refractivity contribution in [2.75, 3.05) is 37.6 Å². The molecular formula is C20H22N6O2. The smallest absolute Gasteiger partial charge is 0.254 e. The van der Waals surface area contributed by atoms with Crippen molar-refractivity contribution in [2.45, 2.75) is 19.4 Å². The molecule has 1 saturated heterocycles. The number of aromatic nitrogens is 3. The predicted molar refractivity (Wildman–Crippen MR) is 104 cm³/mol. The number of carbonyl (C=O) groups excluding carboxylic acids is 1. The second-order valence-corrected chi connectivity index (χ2v) is 7.31. The van der Waals surface area contributed by atoms with E-state index in [1.165, 1.54) is 12.0 Å². The van der Waals surface area contributed by atoms with Crippen LogP contribution in [0.3, 0.4) is 0 Å². The summed E-state index contributed by atoms with van der Waals surface area (Å²) in [5.74, 6) is 0.652. The van der Waals surface area contributed by atoms with Crippen LogP contribution in [0.2, 0.25) is 0 Å². The Bertz CT molecular complexity index is 1020. The van der Waals surface area contributed by atoms with Crippen molar-refractivity contribution in [3.8, 4) is 0 Å². The van der Waals surface area contributed by atoms with Gasteiger partial charge in [-0.2, -0.15) is 0 Å². The number of carbonyl (C=O) groups is 1. The van der Waals surface area contributed by atoms with Gasteiger partial charge in [0.15, 0.2) is 12.0 Å². The van der Waals surface area contributed by atoms with Gasteiger partial charge in [-0.3, -0.25) is 9.69 Å². The van der Waals surface area contributed by atoms with Gasteiger partial charge < -0.3 is 14.6 Å². The number of anilines is 1. The fourth-order valence-electron chi connectivity index (χ4n) is 3.98. The lowest BCUT2D eigenvalue weighted by Gasteiger charge is -2.38. The Morgan fingerprint density at radius 2 is 2.04 bits per heavy atom. The monoisotopic (exact) mass is 378 g/mol. The van der Waals surface area contributed by atoms with E-state index < -0.39 is 0 Å². The Labute approximate surface area is 162 Å². The molecule has 1 fully saturated rings. The molecule has 8 heteroatoms. The average Bonchev–Trinajstić information content (AvgIpc) is 3.21. The van der Waals surface area contributed by atoms with E-state index in [0.29, 0.717) is 18.2 Å². The number of benzene rings is 1. The fraction of sp³-hybridized carbons (Fsp3) is 0.400. The van der Waals surface area contributed by atoms with Gasteiger partial charge in [-0.05, 0) is 24.6 Å². The molecular weight excluding hydrogens is 356 g/mol. The van der Waals surface area contributed by atoms with Crippen molar-refractivity contribution in [3.05, 3.63) is 47.6 Å². The summed E-state index contributed by atoms with van der Waals surface area (Å²) in [7, 11) is 0. The fourth-order valence-corrected chi connectivity index (χ4v) is 3.98. The van der Waals surface area contributed by atoms with E-state index in [1.807, 2.05) is 6.07 Å². The molecule has 1 atom stereocenters. The quantitative estimate of drug-likeness (QED) is 0.743. The third-order valence-electron chi connectivity index (χ3n) is 5.73. The number of hydrogen-bond acceptors (Lipinski definition) is 7. The summed E-state index contributed by atoms with van der Waals surface area (Å²) in [6.45, 7) is 6.44. The third-order valence-corrected chi connectivity index (χ3v) is 5.73. The first-order chi connectivity index (χ1) is 13.7. The summed E-state index contributed by atoms with van der Waals surface area (Å²) in [6, 6.07) is 6.51. The van der Waals surface area contributed by atoms with Gasteiger partial charge in [0.1, 0.15) is 5.52 Å². The van der Waals surface area contributed by atoms with Crippen LogP contribution in [0.4, 0.5) is 5.95 Å². The molecule has 5 rings (SSSR count). The molecule has 0 aliphatic carbocycles. The summed E-state index contributed by atoms with van der Waals surface area (Å²) in [5.41, 5.74) is 4.40. The van der Waals surface area contributed by atoms with E-state index in [-0.39, 0.29) is 5.91 Å². The first-order valence-electron chi connectivity index (χ1n) is 9.65. The maximum absolute atomic E-state index is 11.9. The van der Waals surface area contributed by atoms with Crippen LogP contribution in [0, 0.1) is 0 Å². The van der Waals surface area contributed by atoms with Gasteiger partial charge in [-0.15, -0.1) is 0 Å². The zero-order valence-electron chi connectivity index (χ0n) is 15.8. The van der Waals surface area contributed by atoms with E-state index in [2.05, 4.69) is 49.1 Å². The molecule has 1 unspecified atom stereocenters. The molecule has 8 nitrogen and oxygen atoms in total. The molecule has 2 aliphatic rings. The van der Waals surface area contributed by atoms with Crippen LogP contribution in [-0.4, -0.2) is 58.5 Å². The number of hydrogen-bond donors (Lipinski definition) is 1. The average molecular weight is 378 g/mol. The highest BCUT2D eigenvalue weighted by Crippen LogP contribution is 2.26. The highest BCUT2D eigenvalue weighted by molar-refractivity contribution is 5.96. The first kappa shape index (κ1) is 17.1. The Morgan fingerprint density at radius 3 is 2.89 bits per heavy atom. The maximum Gasteiger partial charge on any atom is 0.254 e. The van der Waals surface area contributed by atoms with Crippen molar-refractivity contribution in [1.82, 2.24) is 25.2 Å². The van der Waals surface area contributed by atoms with Gasteiger partial charge in [0.05, 0.1) is 11.3 Å². The van der Waals surface area contributed by atoms with Gasteiger partial charge in [0, 0.05) is 51.4 Å². The molecule has 1 amide bonds. The summed E-state index contributed by atoms with van der Waals surface area (Å²) in [4.78, 5) is 29.8. The first-order valence-corrected chi connectivity index (χ1v) is 9.65. The van der Waals surface area contributed by atoms with Crippen molar-refractivity contribution in [2.24, 2.45) is 0 Å². The minimum Gasteiger partial charge on any atom is -0.443 e. The Kier molecular flexibility index (Phi) is 4.20. The maximum atomic E-state index is 11.9. The number of nitrogens with one attached hydrogen (secondary N) is 1. The van der Waals surface area contributed by atoms with E-state index in [9.17, 15) is 4.79 Å². The van der Waals surface area contributed by atoms with Crippen molar-refractivity contribution in [3.63, 3.8) is 0 Å². The van der Waals surface area contributed by atoms with Crippen LogP contribution >= 0.6 is 0 Å². The molecule has 1 aromatic carbocycles. The summed E-state index contributed by atoms with van der Waals surface area (Å²) in [5, 5.41) is 2.83. The topological polar surface area (TPSA) is 87.4 Å². The molecule has 1 N–H and O–H groups in total. The van der Waals surface area contributed by atoms with Gasteiger partial charge in [-0.1, -0.05) is 6.07 Å². The van der Waals surface area contributed by atoms with Gasteiger partial charge in [0.2, 0.25) is 5.95 Å². The Hall–Kier alpha value is -3.00. The SMILES string of the molecule is CC(c1ccc2ncoc2c1)N1CCN(c2ncc3c(n2)CCNC3=O)CC1. The zero-order valence-corrected chi connectivity index (χ0v) is 15.8. The predicted octanol–water partition coefficient (Wildman–Crippen LogP) is 1.79. The number of amides is 1. The van der Waals surface area contributed by atoms with Crippen LogP contribution in [0.25, 0.3) is 11.1 Å². The van der Waals surface area contributed by atoms with E-state index in [0.717, 1.165) is 55.3 Å². The molecule has 4 heterocycles. The number of piperazine rings is 1. The summed E-state index contributed by atoms with van der Waals surface area (Å²) < 4.78 is 5.44. The Balaban J connectivity index is 1.27. The lowest BCUT2D eigenvalue weighted by Crippen LogP contribution is -2.48. The largest absolute Gasteiger partial charge is 0.443 e. The van der Waals surface area contributed by atoms with Crippen molar-refractivity contribution in [1.29, 1.82) is 0 Å². The van der Waals surface area contributed by atoms with Crippen LogP contribution in [0.1, 0.15) is 34.6 Å². The van der Waals surface area contributed by atoms with Crippen molar-refractivity contribution < 1.29 is 9.21 Å². The Morgan fingerprint density at radius 1 is 1.18 bits per heavy atom. The lowest BCUT2D eigenvalue weighted by atomic mass is 10.1. The molecule has 2 aromatic heterocycles. The van der Waals surface area contributed by atoms with Crippen LogP contribution < -0.4 is 10.2 Å². The van der Waals surface area contributed by atoms with E-state index in [4.69, 9.17) is 4.42 Å². The summed E-state index contributed by atoms with van der Waals surface area (Å²) >= 11 is 0. The van der Waals surface area contributed by atoms with Crippen LogP contribution in [-0.2, 0) is 6.42 Å². The van der Waals surface area contributed by atoms with Crippen LogP contribution in [0.5, 0.6) is 0 Å². The highest BCUT2D eigenvalue weighted by Gasteiger charge is 2.25. The summed E-state index contributed by atoms with van der Waals surface area (Å²) in [6.07, 6.45) is 3.91. The minimum atomic E-state index is -0.0739. The highest BCUT2D eigenvalue weighted by atomic mass is 16.3. The van der Waals surface area contributed by atoms with Gasteiger partial charge in [-0.25, -0.2) is 15.0 Å². The standard InChI is InChI=1S/C20H22N6O2/c1-13(14-2-3-17-18(10-14)28-12-23-17)25-6-8-26(9-7-25)20-22-11-15-16(24-20)4-5-21-19(15)27/h2-3,10-13H,4-9H2,1H3,(H,21,27). The second kappa shape index (κ2) is 6.87. The molecule has 0 saturated carbocycles. The molecule has 3 aromatic rings. The number of nitrogens with zero attached hydrogens (tertiary/aromatic N) is 5. The molecule has 144 valence electrons. The number of oxazole rings is 1. The number of fused-ring (bicyclic) bond motifs is 2. The molecule has 0 radical (unpaired) electrons. The van der Waals surface area contributed by atoms with Crippen LogP contribution in [0.15, 0.2) is 35.2 Å². The van der Waals surface area contributed by atoms with Gasteiger partial charge in [0.25, 0.3) is 5.91 Å². The molecule has 2 aliphatic heterocycles. The lowest BCUT2D eigenvalue weighted by molar-refractivity contribution is 0.0944. The van der Waals surface area contributed by atoms with Crippen molar-refractivity contribution >= 4 is 23.0 Å².